The van der Waals surface area contributed by atoms with Crippen LogP contribution in [0, 0.1) is 0 Å². The van der Waals surface area contributed by atoms with E-state index in [1.807, 2.05) is 18.2 Å². The number of carbonyl (C=O) groups is 1. The summed E-state index contributed by atoms with van der Waals surface area (Å²) < 4.78 is 5.88. The van der Waals surface area contributed by atoms with Crippen LogP contribution in [0.2, 0.25) is 0 Å². The van der Waals surface area contributed by atoms with Crippen LogP contribution < -0.4 is 4.74 Å². The van der Waals surface area contributed by atoms with E-state index in [0.717, 1.165) is 41.9 Å². The van der Waals surface area contributed by atoms with E-state index in [9.17, 15) is 4.79 Å². The van der Waals surface area contributed by atoms with Crippen LogP contribution in [-0.2, 0) is 17.0 Å². The third-order valence-electron chi connectivity index (χ3n) is 4.42. The Morgan fingerprint density at radius 1 is 1.07 bits per heavy atom. The van der Waals surface area contributed by atoms with Crippen LogP contribution in [0.25, 0.3) is 16.3 Å². The van der Waals surface area contributed by atoms with Crippen molar-refractivity contribution in [1.29, 1.82) is 0 Å². The fourth-order valence-corrected chi connectivity index (χ4v) is 3.89. The first-order valence-corrected chi connectivity index (χ1v) is 11.6. The van der Waals surface area contributed by atoms with Crippen LogP contribution in [0.3, 0.4) is 0 Å². The molecule has 2 aromatic carbocycles. The molecule has 0 saturated heterocycles. The quantitative estimate of drug-likeness (QED) is 0.221. The summed E-state index contributed by atoms with van der Waals surface area (Å²) in [5, 5.41) is 8.00. The fourth-order valence-electron chi connectivity index (χ4n) is 2.94. The topological polar surface area (TPSA) is 50.1 Å². The van der Waals surface area contributed by atoms with Gasteiger partial charge in [-0.1, -0.05) is 57.0 Å². The first-order valence-electron chi connectivity index (χ1n) is 9.30. The van der Waals surface area contributed by atoms with E-state index in [1.165, 1.54) is 24.0 Å². The van der Waals surface area contributed by atoms with E-state index in [2.05, 4.69) is 38.1 Å². The van der Waals surface area contributed by atoms with Crippen molar-refractivity contribution in [3.05, 3.63) is 58.7 Å². The monoisotopic (exact) mass is 629 g/mol. The van der Waals surface area contributed by atoms with Crippen LogP contribution in [0.5, 0.6) is 5.75 Å². The fraction of sp³-hybridized carbons (Fsp3) is 0.409. The van der Waals surface area contributed by atoms with Gasteiger partial charge in [0.25, 0.3) is 0 Å². The first kappa shape index (κ1) is 22.3. The Morgan fingerprint density at radius 2 is 1.78 bits per heavy atom. The summed E-state index contributed by atoms with van der Waals surface area (Å²) in [7, 11) is -1.93. The van der Waals surface area contributed by atoms with Crippen LogP contribution >= 0.6 is 10.2 Å². The van der Waals surface area contributed by atoms with E-state index in [0.29, 0.717) is 5.75 Å². The van der Waals surface area contributed by atoms with Crippen molar-refractivity contribution in [2.24, 2.45) is 0 Å². The number of hydrogen-bond acceptors (Lipinski definition) is 2. The molecule has 0 aliphatic heterocycles. The second-order valence-corrected chi connectivity index (χ2v) is 9.62. The maximum atomic E-state index is 11.0. The van der Waals surface area contributed by atoms with Crippen molar-refractivity contribution in [1.82, 2.24) is 0 Å². The third-order valence-corrected chi connectivity index (χ3v) is 5.78. The second-order valence-electron chi connectivity index (χ2n) is 6.82. The molecule has 2 aromatic rings. The van der Waals surface area contributed by atoms with Gasteiger partial charge in [0.05, 0.1) is 6.61 Å². The predicted octanol–water partition coefficient (Wildman–Crippen LogP) is 6.58. The van der Waals surface area contributed by atoms with Crippen LogP contribution in [0.1, 0.15) is 44.2 Å². The molecule has 5 heteroatoms. The van der Waals surface area contributed by atoms with Crippen molar-refractivity contribution in [2.75, 3.05) is 12.9 Å². The van der Waals surface area contributed by atoms with Gasteiger partial charge in [0, 0.05) is 0 Å². The van der Waals surface area contributed by atoms with Crippen molar-refractivity contribution in [3.63, 3.8) is 0 Å². The van der Waals surface area contributed by atoms with E-state index in [1.54, 1.807) is 6.26 Å². The molecular weight excluding hydrogens is 599 g/mol. The average Bonchev–Trinajstić information content (AvgIpc) is 2.65. The molecule has 3 nitrogen and oxygen atoms in total. The van der Waals surface area contributed by atoms with Crippen molar-refractivity contribution < 1.29 is 9.53 Å². The third kappa shape index (κ3) is 6.46. The number of unbranched alkanes of at least 4 members (excludes halogenated alkanes) is 2. The van der Waals surface area contributed by atoms with E-state index in [4.69, 9.17) is 9.88 Å². The molecule has 0 bridgehead atoms. The van der Waals surface area contributed by atoms with Crippen LogP contribution in [0.4, 0.5) is 0 Å². The molecule has 0 fully saturated rings. The minimum absolute atomic E-state index is 0. The molecule has 0 aliphatic carbocycles. The SMILES string of the molecule is CCCCCOc1ccc(-c2ccc(CS(C)([NH-])C=O)cc2)c(CC)c1.[Fm]. The molecule has 0 spiro atoms. The van der Waals surface area contributed by atoms with Gasteiger partial charge < -0.3 is 9.88 Å². The Bertz CT molecular complexity index is 717. The summed E-state index contributed by atoms with van der Waals surface area (Å²) in [5.41, 5.74) is 5.49. The summed E-state index contributed by atoms with van der Waals surface area (Å²) in [4.78, 5) is 11.0. The van der Waals surface area contributed by atoms with Crippen LogP contribution in [0.15, 0.2) is 42.5 Å². The average molecular weight is 630 g/mol. The molecule has 0 amide bonds. The molecule has 27 heavy (non-hydrogen) atoms. The Morgan fingerprint density at radius 3 is 2.37 bits per heavy atom. The van der Waals surface area contributed by atoms with E-state index >= 15 is 0 Å². The number of hydrogen-bond donors (Lipinski definition) is 0. The number of aryl methyl sites for hydroxylation is 1. The largest absolute Gasteiger partial charge is 0.629 e. The van der Waals surface area contributed by atoms with Crippen molar-refractivity contribution in [3.8, 4) is 16.9 Å². The maximum absolute atomic E-state index is 11.0. The summed E-state index contributed by atoms with van der Waals surface area (Å²) in [6.45, 7) is 5.13. The van der Waals surface area contributed by atoms with Crippen LogP contribution in [-0.4, -0.2) is 18.5 Å². The Kier molecular flexibility index (Phi) is 8.57. The van der Waals surface area contributed by atoms with Crippen molar-refractivity contribution in [2.45, 2.75) is 45.3 Å². The molecule has 0 heterocycles. The molecule has 0 saturated carbocycles. The van der Waals surface area contributed by atoms with Crippen molar-refractivity contribution >= 4 is 15.8 Å². The minimum Gasteiger partial charge on any atom is -0.629 e. The number of carbonyl (C=O) groups excluding carboxylic acids is 1. The second kappa shape index (κ2) is 10.4. The smallest absolute Gasteiger partial charge is 0.142 e. The Hall–Kier alpha value is -2.78. The number of rotatable bonds is 10. The van der Waals surface area contributed by atoms with Gasteiger partial charge in [-0.3, -0.25) is 15.0 Å². The molecule has 0 aliphatic rings. The molecule has 0 aromatic heterocycles. The zero-order chi connectivity index (χ0) is 19.0. The number of benzene rings is 2. The molecule has 0 radical (unpaired) electrons. The molecule has 1 N–H and O–H groups in total. The zero-order valence-electron chi connectivity index (χ0n) is 16.4. The normalized spacial score (nSPS) is 13.9. The summed E-state index contributed by atoms with van der Waals surface area (Å²) in [5.74, 6) is 1.46. The Balaban J connectivity index is 0.00000364. The molecule has 1 unspecified atom stereocenters. The van der Waals surface area contributed by atoms with Gasteiger partial charge in [0.2, 0.25) is 0 Å². The summed E-state index contributed by atoms with van der Waals surface area (Å²) >= 11 is 0. The number of nitrogens with one attached hydrogen (secondary N) is 1. The van der Waals surface area contributed by atoms with Gasteiger partial charge in [-0.2, -0.15) is 0 Å². The summed E-state index contributed by atoms with van der Waals surface area (Å²) in [6, 6.07) is 14.6. The summed E-state index contributed by atoms with van der Waals surface area (Å²) in [6.07, 6.45) is 6.17. The number of ether oxygens (including phenoxy) is 1. The Labute approximate surface area is 159 Å². The van der Waals surface area contributed by atoms with Gasteiger partial charge >= 0.3 is 0 Å². The zero-order valence-corrected chi connectivity index (χ0v) is 19.6. The van der Waals surface area contributed by atoms with E-state index in [-0.39, 0.29) is 0 Å². The van der Waals surface area contributed by atoms with Gasteiger partial charge in [-0.25, -0.2) is 0 Å². The maximum Gasteiger partial charge on any atom is 0.142 e. The van der Waals surface area contributed by atoms with E-state index < -0.39 is 10.2 Å². The minimum atomic E-state index is -1.93. The molecule has 154 valence electrons. The van der Waals surface area contributed by atoms with Gasteiger partial charge in [-0.05, 0) is 59.2 Å². The molecule has 1 atom stereocenters. The molecule has 2 rings (SSSR count). The van der Waals surface area contributed by atoms with Gasteiger partial charge in [0.15, 0.2) is 0 Å². The predicted molar refractivity (Wildman–Crippen MR) is 115 cm³/mol. The standard InChI is InChI=1S/C22H30NO2S.Fm/c1-4-6-7-14-25-21-12-13-22(19(5-2)15-21)20-10-8-18(9-11-20)16-26(3,23)17-24;/h8-13,15,17,23H,4-7,14,16H2,1-3H3;/q-1;. The van der Waals surface area contributed by atoms with Gasteiger partial charge in [-0.15, -0.1) is 0 Å². The van der Waals surface area contributed by atoms with Gasteiger partial charge in [0.1, 0.15) is 11.4 Å². The first-order chi connectivity index (χ1) is 12.5. The molecular formula is C22H30FmNO2S-.